The largest absolute Gasteiger partial charge is 0.478 e. The molecule has 104 valence electrons. The van der Waals surface area contributed by atoms with Gasteiger partial charge >= 0.3 is 5.97 Å². The first-order valence-corrected chi connectivity index (χ1v) is 7.06. The fourth-order valence-corrected chi connectivity index (χ4v) is 2.27. The lowest BCUT2D eigenvalue weighted by Crippen LogP contribution is -1.97. The minimum absolute atomic E-state index is 0.188. The van der Waals surface area contributed by atoms with Gasteiger partial charge in [0.25, 0.3) is 0 Å². The van der Waals surface area contributed by atoms with Crippen molar-refractivity contribution in [3.63, 3.8) is 0 Å². The van der Waals surface area contributed by atoms with Crippen LogP contribution >= 0.6 is 15.9 Å². The number of carbonyl (C=O) groups is 1. The van der Waals surface area contributed by atoms with E-state index >= 15 is 0 Å². The highest BCUT2D eigenvalue weighted by atomic mass is 79.9. The molecule has 0 unspecified atom stereocenters. The van der Waals surface area contributed by atoms with Crippen LogP contribution in [0, 0.1) is 0 Å². The number of ether oxygens (including phenoxy) is 1. The Morgan fingerprint density at radius 1 is 1.10 bits per heavy atom. The minimum atomic E-state index is -0.980. The molecule has 0 aromatic heterocycles. The lowest BCUT2D eigenvalue weighted by atomic mass is 10.0. The Bertz CT molecular complexity index is 618. The molecule has 0 heterocycles. The zero-order valence-electron chi connectivity index (χ0n) is 11.3. The number of carboxylic acids is 1. The van der Waals surface area contributed by atoms with Gasteiger partial charge in [-0.1, -0.05) is 41.9 Å². The Hall–Kier alpha value is -1.81. The highest BCUT2D eigenvalue weighted by Crippen LogP contribution is 2.27. The van der Waals surface area contributed by atoms with E-state index in [4.69, 9.17) is 9.84 Å². The van der Waals surface area contributed by atoms with Crippen molar-refractivity contribution in [3.8, 4) is 11.5 Å². The molecule has 0 aliphatic heterocycles. The number of carboxylic acid groups (broad SMARTS) is 1. The third-order valence-electron chi connectivity index (χ3n) is 2.90. The molecule has 0 spiro atoms. The normalized spacial score (nSPS) is 10.6. The molecule has 2 aromatic rings. The number of halogens is 1. The van der Waals surface area contributed by atoms with Crippen LogP contribution in [-0.2, 0) is 0 Å². The van der Waals surface area contributed by atoms with E-state index in [0.717, 1.165) is 0 Å². The van der Waals surface area contributed by atoms with Gasteiger partial charge in [0.05, 0.1) is 5.56 Å². The van der Waals surface area contributed by atoms with Gasteiger partial charge in [0.2, 0.25) is 0 Å². The van der Waals surface area contributed by atoms with Crippen LogP contribution in [0.4, 0.5) is 0 Å². The second-order valence-corrected chi connectivity index (χ2v) is 5.72. The van der Waals surface area contributed by atoms with E-state index in [9.17, 15) is 4.79 Å². The Kier molecular flexibility index (Phi) is 4.45. The van der Waals surface area contributed by atoms with Crippen molar-refractivity contribution < 1.29 is 14.6 Å². The molecule has 0 bridgehead atoms. The van der Waals surface area contributed by atoms with E-state index in [2.05, 4.69) is 29.8 Å². The van der Waals surface area contributed by atoms with Crippen molar-refractivity contribution in [2.45, 2.75) is 19.8 Å². The van der Waals surface area contributed by atoms with Crippen LogP contribution in [0.1, 0.15) is 35.7 Å². The van der Waals surface area contributed by atoms with E-state index < -0.39 is 5.97 Å². The van der Waals surface area contributed by atoms with Gasteiger partial charge in [-0.15, -0.1) is 0 Å². The molecular formula is C16H15BrO3. The molecule has 0 amide bonds. The average Bonchev–Trinajstić information content (AvgIpc) is 2.38. The Balaban J connectivity index is 2.23. The molecule has 4 heteroatoms. The van der Waals surface area contributed by atoms with E-state index in [1.54, 1.807) is 6.07 Å². The summed E-state index contributed by atoms with van der Waals surface area (Å²) in [6.07, 6.45) is 0. The highest BCUT2D eigenvalue weighted by molar-refractivity contribution is 9.10. The molecular weight excluding hydrogens is 320 g/mol. The van der Waals surface area contributed by atoms with Gasteiger partial charge in [-0.05, 0) is 41.8 Å². The molecule has 0 aliphatic rings. The van der Waals surface area contributed by atoms with E-state index in [0.29, 0.717) is 21.9 Å². The predicted octanol–water partition coefficient (Wildman–Crippen LogP) is 5.06. The van der Waals surface area contributed by atoms with Crippen molar-refractivity contribution in [2.24, 2.45) is 0 Å². The summed E-state index contributed by atoms with van der Waals surface area (Å²) in [7, 11) is 0. The molecule has 2 aromatic carbocycles. The fourth-order valence-electron chi connectivity index (χ4n) is 1.80. The zero-order valence-corrected chi connectivity index (χ0v) is 12.8. The van der Waals surface area contributed by atoms with Crippen LogP contribution in [0.3, 0.4) is 0 Å². The summed E-state index contributed by atoms with van der Waals surface area (Å²) < 4.78 is 6.36. The topological polar surface area (TPSA) is 46.5 Å². The predicted molar refractivity (Wildman–Crippen MR) is 81.7 cm³/mol. The van der Waals surface area contributed by atoms with Gasteiger partial charge in [-0.2, -0.15) is 0 Å². The smallest absolute Gasteiger partial charge is 0.335 e. The van der Waals surface area contributed by atoms with Crippen LogP contribution in [0.25, 0.3) is 0 Å². The van der Waals surface area contributed by atoms with Crippen molar-refractivity contribution in [2.75, 3.05) is 0 Å². The number of hydrogen-bond acceptors (Lipinski definition) is 2. The average molecular weight is 335 g/mol. The first-order valence-electron chi connectivity index (χ1n) is 6.27. The number of rotatable bonds is 4. The van der Waals surface area contributed by atoms with E-state index in [1.807, 2.05) is 24.3 Å². The highest BCUT2D eigenvalue weighted by Gasteiger charge is 2.08. The molecule has 0 radical (unpaired) electrons. The third-order valence-corrected chi connectivity index (χ3v) is 3.36. The van der Waals surface area contributed by atoms with Crippen LogP contribution in [0.5, 0.6) is 11.5 Å². The molecule has 0 saturated carbocycles. The molecule has 0 fully saturated rings. The summed E-state index contributed by atoms with van der Waals surface area (Å²) in [5, 5.41) is 9.02. The minimum Gasteiger partial charge on any atom is -0.478 e. The molecule has 0 atom stereocenters. The van der Waals surface area contributed by atoms with Crippen molar-refractivity contribution in [3.05, 3.63) is 58.1 Å². The van der Waals surface area contributed by atoms with Crippen LogP contribution in [0.2, 0.25) is 0 Å². The summed E-state index contributed by atoms with van der Waals surface area (Å²) in [5.41, 5.74) is 1.42. The first kappa shape index (κ1) is 14.6. The summed E-state index contributed by atoms with van der Waals surface area (Å²) in [4.78, 5) is 11.0. The maximum Gasteiger partial charge on any atom is 0.335 e. The summed E-state index contributed by atoms with van der Waals surface area (Å²) in [6, 6.07) is 12.6. The molecule has 20 heavy (non-hydrogen) atoms. The quantitative estimate of drug-likeness (QED) is 0.849. The fraction of sp³-hybridized carbons (Fsp3) is 0.188. The second-order valence-electron chi connectivity index (χ2n) is 4.81. The van der Waals surface area contributed by atoms with Gasteiger partial charge in [0.1, 0.15) is 11.5 Å². The van der Waals surface area contributed by atoms with Gasteiger partial charge in [0.15, 0.2) is 0 Å². The van der Waals surface area contributed by atoms with Crippen LogP contribution in [0.15, 0.2) is 46.9 Å². The van der Waals surface area contributed by atoms with Gasteiger partial charge in [-0.25, -0.2) is 4.79 Å². The summed E-state index contributed by atoms with van der Waals surface area (Å²) in [6.45, 7) is 4.26. The summed E-state index contributed by atoms with van der Waals surface area (Å²) in [5.74, 6) is 0.665. The van der Waals surface area contributed by atoms with Crippen molar-refractivity contribution in [1.29, 1.82) is 0 Å². The standard InChI is InChI=1S/C16H15BrO3/c1-10(2)11-3-5-14(6-4-11)20-15-8-12(16(18)19)7-13(17)9-15/h3-10H,1-2H3,(H,18,19). The van der Waals surface area contributed by atoms with Crippen molar-refractivity contribution in [1.82, 2.24) is 0 Å². The lowest BCUT2D eigenvalue weighted by molar-refractivity contribution is 0.0696. The Morgan fingerprint density at radius 3 is 2.30 bits per heavy atom. The third kappa shape index (κ3) is 3.61. The maximum atomic E-state index is 11.0. The number of benzene rings is 2. The Morgan fingerprint density at radius 2 is 1.75 bits per heavy atom. The second kappa shape index (κ2) is 6.09. The maximum absolute atomic E-state index is 11.0. The zero-order chi connectivity index (χ0) is 14.7. The Labute approximate surface area is 126 Å². The monoisotopic (exact) mass is 334 g/mol. The molecule has 0 aliphatic carbocycles. The van der Waals surface area contributed by atoms with Crippen LogP contribution in [-0.4, -0.2) is 11.1 Å². The molecule has 1 N–H and O–H groups in total. The number of hydrogen-bond donors (Lipinski definition) is 1. The van der Waals surface area contributed by atoms with Crippen molar-refractivity contribution >= 4 is 21.9 Å². The lowest BCUT2D eigenvalue weighted by Gasteiger charge is -2.09. The first-order chi connectivity index (χ1) is 9.45. The number of aromatic carboxylic acids is 1. The molecule has 3 nitrogen and oxygen atoms in total. The summed E-state index contributed by atoms with van der Waals surface area (Å²) >= 11 is 3.28. The van der Waals surface area contributed by atoms with E-state index in [1.165, 1.54) is 17.7 Å². The SMILES string of the molecule is CC(C)c1ccc(Oc2cc(Br)cc(C(=O)O)c2)cc1. The van der Waals surface area contributed by atoms with E-state index in [-0.39, 0.29) is 5.56 Å². The van der Waals surface area contributed by atoms with Gasteiger partial charge < -0.3 is 9.84 Å². The molecule has 0 saturated heterocycles. The van der Waals surface area contributed by atoms with Gasteiger partial charge in [0, 0.05) is 4.47 Å². The molecule has 2 rings (SSSR count). The van der Waals surface area contributed by atoms with Crippen LogP contribution < -0.4 is 4.74 Å². The van der Waals surface area contributed by atoms with Gasteiger partial charge in [-0.3, -0.25) is 0 Å².